The summed E-state index contributed by atoms with van der Waals surface area (Å²) in [4.78, 5) is 1.90. The number of alkyl halides is 1. The van der Waals surface area contributed by atoms with Gasteiger partial charge < -0.3 is 5.11 Å². The Kier molecular flexibility index (Phi) is 2.03. The fourth-order valence-electron chi connectivity index (χ4n) is 1.03. The van der Waals surface area contributed by atoms with Crippen LogP contribution in [0.4, 0.5) is 4.39 Å². The summed E-state index contributed by atoms with van der Waals surface area (Å²) in [5.41, 5.74) is 0. The number of β-amino-alcohol motifs (C(OH)–C–C–N with tert-alkyl or cyclic N) is 1. The highest BCUT2D eigenvalue weighted by Gasteiger charge is 2.26. The molecule has 0 saturated carbocycles. The van der Waals surface area contributed by atoms with Crippen molar-refractivity contribution in [2.24, 2.45) is 0 Å². The Morgan fingerprint density at radius 2 is 2.33 bits per heavy atom. The zero-order chi connectivity index (χ0) is 6.85. The molecule has 0 amide bonds. The van der Waals surface area contributed by atoms with Crippen LogP contribution >= 0.6 is 0 Å². The Bertz CT molecular complexity index is 91.1. The molecular weight excluding hydrogens is 121 g/mol. The number of hydrogen-bond acceptors (Lipinski definition) is 2. The summed E-state index contributed by atoms with van der Waals surface area (Å²) in [7, 11) is 0. The summed E-state index contributed by atoms with van der Waals surface area (Å²) >= 11 is 0. The quantitative estimate of drug-likeness (QED) is 0.574. The Morgan fingerprint density at radius 3 is 2.67 bits per heavy atom. The Morgan fingerprint density at radius 1 is 1.78 bits per heavy atom. The molecule has 1 aliphatic rings. The minimum atomic E-state index is -0.649. The molecule has 54 valence electrons. The maximum atomic E-state index is 12.1. The van der Waals surface area contributed by atoms with Crippen LogP contribution in [0, 0.1) is 0 Å². The second-order valence-electron chi connectivity index (χ2n) is 2.66. The highest BCUT2D eigenvalue weighted by Crippen LogP contribution is 2.10. The molecule has 1 atom stereocenters. The molecule has 1 saturated heterocycles. The lowest BCUT2D eigenvalue weighted by atomic mass is 10.2. The van der Waals surface area contributed by atoms with Crippen molar-refractivity contribution in [3.05, 3.63) is 0 Å². The first kappa shape index (κ1) is 6.96. The lowest BCUT2D eigenvalue weighted by Gasteiger charge is -2.34. The van der Waals surface area contributed by atoms with Gasteiger partial charge in [-0.3, -0.25) is 4.90 Å². The molecule has 2 nitrogen and oxygen atoms in total. The number of halogens is 1. The highest BCUT2D eigenvalue weighted by molar-refractivity contribution is 4.79. The Labute approximate surface area is 54.3 Å². The molecule has 0 unspecified atom stereocenters. The van der Waals surface area contributed by atoms with E-state index in [4.69, 9.17) is 5.11 Å². The fourth-order valence-corrected chi connectivity index (χ4v) is 1.03. The average molecular weight is 133 g/mol. The summed E-state index contributed by atoms with van der Waals surface area (Å²) in [5.74, 6) is 0. The first-order valence-corrected chi connectivity index (χ1v) is 3.23. The van der Waals surface area contributed by atoms with Gasteiger partial charge in [0.2, 0.25) is 0 Å². The van der Waals surface area contributed by atoms with Crippen molar-refractivity contribution in [3.63, 3.8) is 0 Å². The van der Waals surface area contributed by atoms with Gasteiger partial charge in [-0.05, 0) is 6.92 Å². The first-order valence-electron chi connectivity index (χ1n) is 3.23. The van der Waals surface area contributed by atoms with Gasteiger partial charge in [0.1, 0.15) is 6.17 Å². The number of aliphatic hydroxyl groups excluding tert-OH is 1. The third-order valence-electron chi connectivity index (χ3n) is 1.44. The molecule has 0 aromatic heterocycles. The largest absolute Gasteiger partial charge is 0.392 e. The molecule has 0 aromatic carbocycles. The van der Waals surface area contributed by atoms with Crippen LogP contribution in [0.5, 0.6) is 0 Å². The normalized spacial score (nSPS) is 25.7. The number of hydrogen-bond donors (Lipinski definition) is 1. The molecule has 9 heavy (non-hydrogen) atoms. The van der Waals surface area contributed by atoms with Crippen molar-refractivity contribution in [2.75, 3.05) is 19.6 Å². The minimum absolute atomic E-state index is 0.322. The summed E-state index contributed by atoms with van der Waals surface area (Å²) in [5, 5.41) is 8.81. The monoisotopic (exact) mass is 133 g/mol. The number of aliphatic hydroxyl groups is 1. The van der Waals surface area contributed by atoms with Gasteiger partial charge in [-0.25, -0.2) is 4.39 Å². The van der Waals surface area contributed by atoms with E-state index >= 15 is 0 Å². The highest BCUT2D eigenvalue weighted by atomic mass is 19.1. The number of nitrogens with zero attached hydrogens (tertiary/aromatic N) is 1. The maximum absolute atomic E-state index is 12.1. The van der Waals surface area contributed by atoms with Crippen molar-refractivity contribution >= 4 is 0 Å². The van der Waals surface area contributed by atoms with E-state index in [9.17, 15) is 4.39 Å². The van der Waals surface area contributed by atoms with E-state index in [1.807, 2.05) is 4.90 Å². The number of rotatable bonds is 2. The summed E-state index contributed by atoms with van der Waals surface area (Å²) in [6, 6.07) is 0. The molecule has 0 aromatic rings. The predicted octanol–water partition coefficient (Wildman–Crippen LogP) is 0.0209. The standard InChI is InChI=1S/C6H12FNO/c1-5(9)2-8-3-6(7)4-8/h5-6,9H,2-4H2,1H3/t5-/m0/s1. The van der Waals surface area contributed by atoms with Crippen LogP contribution in [-0.2, 0) is 0 Å². The number of likely N-dealkylation sites (tertiary alicyclic amines) is 1. The predicted molar refractivity (Wildman–Crippen MR) is 33.0 cm³/mol. The van der Waals surface area contributed by atoms with Crippen molar-refractivity contribution in [1.29, 1.82) is 0 Å². The molecule has 0 spiro atoms. The van der Waals surface area contributed by atoms with Crippen molar-refractivity contribution in [1.82, 2.24) is 4.90 Å². The van der Waals surface area contributed by atoms with E-state index in [0.29, 0.717) is 19.6 Å². The maximum Gasteiger partial charge on any atom is 0.125 e. The molecule has 3 heteroatoms. The van der Waals surface area contributed by atoms with Crippen LogP contribution in [0.3, 0.4) is 0 Å². The zero-order valence-corrected chi connectivity index (χ0v) is 5.55. The Balaban J connectivity index is 2.04. The zero-order valence-electron chi connectivity index (χ0n) is 5.55. The van der Waals surface area contributed by atoms with Crippen LogP contribution in [0.25, 0.3) is 0 Å². The van der Waals surface area contributed by atoms with Crippen molar-refractivity contribution in [3.8, 4) is 0 Å². The lowest BCUT2D eigenvalue weighted by molar-refractivity contribution is 0.0279. The molecule has 1 aliphatic heterocycles. The van der Waals surface area contributed by atoms with E-state index in [1.165, 1.54) is 0 Å². The van der Waals surface area contributed by atoms with E-state index in [2.05, 4.69) is 0 Å². The van der Waals surface area contributed by atoms with Crippen LogP contribution in [0.1, 0.15) is 6.92 Å². The van der Waals surface area contributed by atoms with E-state index in [0.717, 1.165) is 0 Å². The van der Waals surface area contributed by atoms with E-state index < -0.39 is 6.17 Å². The second-order valence-corrected chi connectivity index (χ2v) is 2.66. The van der Waals surface area contributed by atoms with Gasteiger partial charge in [0.05, 0.1) is 6.10 Å². The van der Waals surface area contributed by atoms with Gasteiger partial charge in [-0.15, -0.1) is 0 Å². The summed E-state index contributed by atoms with van der Waals surface area (Å²) < 4.78 is 12.1. The SMILES string of the molecule is C[C@H](O)CN1CC(F)C1. The van der Waals surface area contributed by atoms with E-state index in [1.54, 1.807) is 6.92 Å². The van der Waals surface area contributed by atoms with Gasteiger partial charge in [0.15, 0.2) is 0 Å². The second kappa shape index (κ2) is 2.62. The lowest BCUT2D eigenvalue weighted by Crippen LogP contribution is -2.50. The molecule has 1 rings (SSSR count). The third kappa shape index (κ3) is 1.91. The van der Waals surface area contributed by atoms with Gasteiger partial charge >= 0.3 is 0 Å². The molecule has 0 radical (unpaired) electrons. The van der Waals surface area contributed by atoms with Crippen LogP contribution in [0.2, 0.25) is 0 Å². The molecule has 0 aliphatic carbocycles. The third-order valence-corrected chi connectivity index (χ3v) is 1.44. The Hall–Kier alpha value is -0.150. The van der Waals surface area contributed by atoms with Gasteiger partial charge in [0, 0.05) is 19.6 Å². The first-order chi connectivity index (χ1) is 4.18. The molecule has 1 heterocycles. The molecule has 1 N–H and O–H groups in total. The molecule has 0 bridgehead atoms. The molecule has 1 fully saturated rings. The average Bonchev–Trinajstić information content (AvgIpc) is 1.60. The van der Waals surface area contributed by atoms with Crippen LogP contribution in [-0.4, -0.2) is 41.9 Å². The van der Waals surface area contributed by atoms with Gasteiger partial charge in [-0.2, -0.15) is 0 Å². The van der Waals surface area contributed by atoms with Crippen molar-refractivity contribution in [2.45, 2.75) is 19.2 Å². The van der Waals surface area contributed by atoms with Crippen molar-refractivity contribution < 1.29 is 9.50 Å². The topological polar surface area (TPSA) is 23.5 Å². The summed E-state index contributed by atoms with van der Waals surface area (Å²) in [6.45, 7) is 3.34. The molecular formula is C6H12FNO. The van der Waals surface area contributed by atoms with E-state index in [-0.39, 0.29) is 6.10 Å². The summed E-state index contributed by atoms with van der Waals surface area (Å²) in [6.07, 6.45) is -0.971. The van der Waals surface area contributed by atoms with Gasteiger partial charge in [0.25, 0.3) is 0 Å². The van der Waals surface area contributed by atoms with Crippen LogP contribution < -0.4 is 0 Å². The smallest absolute Gasteiger partial charge is 0.125 e. The fraction of sp³-hybridized carbons (Fsp3) is 1.00. The van der Waals surface area contributed by atoms with Crippen LogP contribution in [0.15, 0.2) is 0 Å². The minimum Gasteiger partial charge on any atom is -0.392 e. The van der Waals surface area contributed by atoms with Gasteiger partial charge in [-0.1, -0.05) is 0 Å².